The maximum atomic E-state index is 10.2. The first kappa shape index (κ1) is 9.88. The summed E-state index contributed by atoms with van der Waals surface area (Å²) in [4.78, 5) is 10.2. The number of aliphatic hydroxyl groups excluding tert-OH is 1. The van der Waals surface area contributed by atoms with E-state index in [9.17, 15) is 4.79 Å². The highest BCUT2D eigenvalue weighted by molar-refractivity contribution is 5.73. The van der Waals surface area contributed by atoms with Gasteiger partial charge in [-0.05, 0) is 0 Å². The third kappa shape index (κ3) is 4.31. The molecule has 0 fully saturated rings. The Kier molecular flexibility index (Phi) is 5.07. The van der Waals surface area contributed by atoms with Gasteiger partial charge >= 0.3 is 5.97 Å². The topological polar surface area (TPSA) is 93.4 Å². The number of carboxylic acid groups (broad SMARTS) is 1. The maximum absolute atomic E-state index is 10.2. The summed E-state index contributed by atoms with van der Waals surface area (Å²) in [5, 5.41) is 27.4. The molecule has 0 amide bonds. The number of nitrogens with one attached hydrogen (secondary N) is 1. The molecule has 0 heterocycles. The largest absolute Gasteiger partial charge is 0.480 e. The fraction of sp³-hybridized carbons (Fsp3) is 0.667. The van der Waals surface area contributed by atoms with E-state index in [0.717, 1.165) is 0 Å². The minimum absolute atomic E-state index is 0.240. The van der Waals surface area contributed by atoms with E-state index in [1.54, 1.807) is 0 Å². The quantitative estimate of drug-likeness (QED) is 0.443. The first-order chi connectivity index (χ1) is 5.22. The number of aliphatic hydroxyl groups is 1. The molecule has 0 aliphatic carbocycles. The molecule has 3 N–H and O–H groups in total. The molecule has 0 unspecified atom stereocenters. The van der Waals surface area contributed by atoms with Crippen LogP contribution in [0.2, 0.25) is 0 Å². The first-order valence-electron chi connectivity index (χ1n) is 3.16. The lowest BCUT2D eigenvalue weighted by Gasteiger charge is -2.08. The van der Waals surface area contributed by atoms with Crippen molar-refractivity contribution < 1.29 is 15.0 Å². The Morgan fingerprint density at radius 3 is 2.73 bits per heavy atom. The van der Waals surface area contributed by atoms with Gasteiger partial charge in [-0.25, -0.2) is 0 Å². The van der Waals surface area contributed by atoms with Crippen molar-refractivity contribution in [2.75, 3.05) is 13.2 Å². The molecule has 0 spiro atoms. The smallest absolute Gasteiger partial charge is 0.323 e. The van der Waals surface area contributed by atoms with Gasteiger partial charge in [0.25, 0.3) is 0 Å². The Morgan fingerprint density at radius 2 is 2.36 bits per heavy atom. The molecule has 0 aromatic rings. The number of nitrogens with zero attached hydrogens (tertiary/aromatic N) is 1. The van der Waals surface area contributed by atoms with Crippen LogP contribution in [0.4, 0.5) is 0 Å². The third-order valence-corrected chi connectivity index (χ3v) is 1.11. The number of hydrogen-bond donors (Lipinski definition) is 3. The zero-order valence-electron chi connectivity index (χ0n) is 5.95. The van der Waals surface area contributed by atoms with Crippen molar-refractivity contribution in [3.05, 3.63) is 0 Å². The number of carboxylic acids is 1. The van der Waals surface area contributed by atoms with Gasteiger partial charge in [-0.15, -0.1) is 0 Å². The highest BCUT2D eigenvalue weighted by Crippen LogP contribution is 1.82. The molecule has 62 valence electrons. The Labute approximate surface area is 64.3 Å². The number of aliphatic carboxylic acids is 1. The monoisotopic (exact) mass is 158 g/mol. The van der Waals surface area contributed by atoms with E-state index in [0.29, 0.717) is 0 Å². The average molecular weight is 158 g/mol. The van der Waals surface area contributed by atoms with Gasteiger partial charge in [-0.3, -0.25) is 4.79 Å². The van der Waals surface area contributed by atoms with E-state index in [4.69, 9.17) is 15.5 Å². The minimum Gasteiger partial charge on any atom is -0.480 e. The first-order valence-corrected chi connectivity index (χ1v) is 3.16. The predicted molar refractivity (Wildman–Crippen MR) is 36.7 cm³/mol. The molecule has 5 heteroatoms. The zero-order chi connectivity index (χ0) is 8.69. The summed E-state index contributed by atoms with van der Waals surface area (Å²) in [6, 6.07) is 0.894. The predicted octanol–water partition coefficient (Wildman–Crippen LogP) is -1.06. The van der Waals surface area contributed by atoms with Gasteiger partial charge in [0, 0.05) is 13.0 Å². The second kappa shape index (κ2) is 5.65. The van der Waals surface area contributed by atoms with Gasteiger partial charge in [0.1, 0.15) is 6.04 Å². The summed E-state index contributed by atoms with van der Waals surface area (Å²) in [5.41, 5.74) is 0. The van der Waals surface area contributed by atoms with Crippen LogP contribution < -0.4 is 5.32 Å². The molecule has 0 aromatic heterocycles. The summed E-state index contributed by atoms with van der Waals surface area (Å²) in [6.45, 7) is -0.172. The Bertz CT molecular complexity index is 164. The maximum Gasteiger partial charge on any atom is 0.323 e. The van der Waals surface area contributed by atoms with Crippen LogP contribution >= 0.6 is 0 Å². The van der Waals surface area contributed by atoms with Crippen LogP contribution in [0, 0.1) is 11.3 Å². The lowest BCUT2D eigenvalue weighted by atomic mass is 10.3. The normalized spacial score (nSPS) is 12.0. The van der Waals surface area contributed by atoms with Crippen LogP contribution in [0.15, 0.2) is 0 Å². The van der Waals surface area contributed by atoms with Crippen molar-refractivity contribution in [3.63, 3.8) is 0 Å². The van der Waals surface area contributed by atoms with Crippen molar-refractivity contribution >= 4 is 5.97 Å². The molecule has 5 nitrogen and oxygen atoms in total. The highest BCUT2D eigenvalue weighted by Gasteiger charge is 2.13. The molecule has 0 bridgehead atoms. The molecule has 0 saturated heterocycles. The van der Waals surface area contributed by atoms with Gasteiger partial charge in [0.2, 0.25) is 0 Å². The van der Waals surface area contributed by atoms with Gasteiger partial charge in [0.15, 0.2) is 0 Å². The minimum atomic E-state index is -1.11. The van der Waals surface area contributed by atoms with Crippen molar-refractivity contribution in [1.29, 1.82) is 5.26 Å². The lowest BCUT2D eigenvalue weighted by Crippen LogP contribution is -2.40. The van der Waals surface area contributed by atoms with Crippen molar-refractivity contribution in [2.24, 2.45) is 0 Å². The molecule has 0 aliphatic rings. The summed E-state index contributed by atoms with van der Waals surface area (Å²) >= 11 is 0. The van der Waals surface area contributed by atoms with Gasteiger partial charge in [0.05, 0.1) is 12.7 Å². The molecule has 1 atom stereocenters. The SMILES string of the molecule is N#CCCN[C@@H](CO)C(=O)O. The Hall–Kier alpha value is -1.12. The molecular formula is C6H10N2O3. The molecule has 0 saturated carbocycles. The molecule has 0 aromatic carbocycles. The fourth-order valence-corrected chi connectivity index (χ4v) is 0.532. The number of hydrogen-bond acceptors (Lipinski definition) is 4. The number of nitriles is 1. The van der Waals surface area contributed by atoms with Crippen LogP contribution in [0.1, 0.15) is 6.42 Å². The molecular weight excluding hydrogens is 148 g/mol. The van der Waals surface area contributed by atoms with Crippen LogP contribution in [0.5, 0.6) is 0 Å². The van der Waals surface area contributed by atoms with Gasteiger partial charge in [-0.1, -0.05) is 0 Å². The standard InChI is InChI=1S/C6H10N2O3/c7-2-1-3-8-5(4-9)6(10)11/h5,8-9H,1,3-4H2,(H,10,11)/t5-/m0/s1. The summed E-state index contributed by atoms with van der Waals surface area (Å²) in [5.74, 6) is -1.11. The average Bonchev–Trinajstić information content (AvgIpc) is 1.97. The third-order valence-electron chi connectivity index (χ3n) is 1.11. The summed E-state index contributed by atoms with van der Waals surface area (Å²) in [6.07, 6.45) is 0.240. The lowest BCUT2D eigenvalue weighted by molar-refractivity contribution is -0.140. The van der Waals surface area contributed by atoms with E-state index < -0.39 is 18.6 Å². The van der Waals surface area contributed by atoms with E-state index in [-0.39, 0.29) is 13.0 Å². The molecule has 0 radical (unpaired) electrons. The summed E-state index contributed by atoms with van der Waals surface area (Å²) < 4.78 is 0. The van der Waals surface area contributed by atoms with Crippen LogP contribution in [-0.2, 0) is 4.79 Å². The second-order valence-electron chi connectivity index (χ2n) is 1.94. The van der Waals surface area contributed by atoms with E-state index in [1.165, 1.54) is 0 Å². The van der Waals surface area contributed by atoms with E-state index in [1.807, 2.05) is 6.07 Å². The zero-order valence-corrected chi connectivity index (χ0v) is 5.95. The highest BCUT2D eigenvalue weighted by atomic mass is 16.4. The Balaban J connectivity index is 3.54. The van der Waals surface area contributed by atoms with Gasteiger partial charge in [-0.2, -0.15) is 5.26 Å². The van der Waals surface area contributed by atoms with Crippen molar-refractivity contribution in [3.8, 4) is 6.07 Å². The van der Waals surface area contributed by atoms with Crippen molar-refractivity contribution in [2.45, 2.75) is 12.5 Å². The van der Waals surface area contributed by atoms with Gasteiger partial charge < -0.3 is 15.5 Å². The molecule has 0 rings (SSSR count). The fourth-order valence-electron chi connectivity index (χ4n) is 0.532. The second-order valence-corrected chi connectivity index (χ2v) is 1.94. The van der Waals surface area contributed by atoms with Crippen molar-refractivity contribution in [1.82, 2.24) is 5.32 Å². The van der Waals surface area contributed by atoms with E-state index in [2.05, 4.69) is 5.32 Å². The Morgan fingerprint density at radius 1 is 1.73 bits per heavy atom. The molecule has 0 aliphatic heterocycles. The van der Waals surface area contributed by atoms with Crippen LogP contribution in [-0.4, -0.2) is 35.4 Å². The number of rotatable bonds is 5. The van der Waals surface area contributed by atoms with Crippen LogP contribution in [0.25, 0.3) is 0 Å². The van der Waals surface area contributed by atoms with Crippen LogP contribution in [0.3, 0.4) is 0 Å². The molecule has 11 heavy (non-hydrogen) atoms. The summed E-state index contributed by atoms with van der Waals surface area (Å²) in [7, 11) is 0. The number of carbonyl (C=O) groups is 1. The van der Waals surface area contributed by atoms with E-state index >= 15 is 0 Å².